The van der Waals surface area contributed by atoms with E-state index in [1.54, 1.807) is 19.9 Å². The zero-order valence-electron chi connectivity index (χ0n) is 8.73. The molecule has 1 rings (SSSR count). The zero-order valence-corrected chi connectivity index (χ0v) is 10.3. The van der Waals surface area contributed by atoms with Crippen molar-refractivity contribution in [1.82, 2.24) is 0 Å². The van der Waals surface area contributed by atoms with Gasteiger partial charge in [0, 0.05) is 16.6 Å². The van der Waals surface area contributed by atoms with Gasteiger partial charge in [-0.05, 0) is 25.5 Å². The van der Waals surface area contributed by atoms with Crippen LogP contribution in [0.2, 0.25) is 0 Å². The lowest BCUT2D eigenvalue weighted by atomic mass is 9.95. The largest absolute Gasteiger partial charge is 0.270 e. The Balaban J connectivity index is 3.28. The Morgan fingerprint density at radius 2 is 2.12 bits per heavy atom. The van der Waals surface area contributed by atoms with Crippen LogP contribution in [0, 0.1) is 10.1 Å². The highest BCUT2D eigenvalue weighted by Crippen LogP contribution is 2.33. The van der Waals surface area contributed by atoms with Crippen LogP contribution in [0.4, 0.5) is 5.69 Å². The van der Waals surface area contributed by atoms with Crippen LogP contribution in [0.5, 0.6) is 0 Å². The van der Waals surface area contributed by atoms with Crippen molar-refractivity contribution in [2.24, 2.45) is 4.99 Å². The molecule has 0 aliphatic rings. The quantitative estimate of drug-likeness (QED) is 0.371. The summed E-state index contributed by atoms with van der Waals surface area (Å²) in [7, 11) is 0. The Morgan fingerprint density at radius 1 is 1.50 bits per heavy atom. The van der Waals surface area contributed by atoms with Crippen LogP contribution in [-0.2, 0) is 10.3 Å². The summed E-state index contributed by atoms with van der Waals surface area (Å²) in [5.74, 6) is 0. The molecule has 0 amide bonds. The van der Waals surface area contributed by atoms with Gasteiger partial charge in [0.25, 0.3) is 5.69 Å². The first-order valence-electron chi connectivity index (χ1n) is 4.42. The molecule has 0 heterocycles. The second kappa shape index (κ2) is 4.55. The molecule has 0 atom stereocenters. The van der Waals surface area contributed by atoms with Gasteiger partial charge in [0.15, 0.2) is 0 Å². The zero-order chi connectivity index (χ0) is 12.3. The van der Waals surface area contributed by atoms with Gasteiger partial charge >= 0.3 is 0 Å². The number of aliphatic imine (C=N–C) groups is 1. The SMILES string of the molecule is CC(C)(N=C=O)c1ccc([N+](=O)[O-])cc1Br. The number of isocyanates is 1. The predicted molar refractivity (Wildman–Crippen MR) is 61.9 cm³/mol. The van der Waals surface area contributed by atoms with Gasteiger partial charge in [0.1, 0.15) is 0 Å². The van der Waals surface area contributed by atoms with Crippen molar-refractivity contribution in [3.05, 3.63) is 38.3 Å². The molecule has 0 saturated heterocycles. The monoisotopic (exact) mass is 284 g/mol. The topological polar surface area (TPSA) is 72.6 Å². The number of benzene rings is 1. The number of halogens is 1. The highest BCUT2D eigenvalue weighted by Gasteiger charge is 2.23. The number of carbonyl (C=O) groups excluding carboxylic acids is 1. The van der Waals surface area contributed by atoms with Gasteiger partial charge in [-0.25, -0.2) is 4.79 Å². The van der Waals surface area contributed by atoms with E-state index < -0.39 is 10.5 Å². The molecule has 84 valence electrons. The number of hydrogen-bond donors (Lipinski definition) is 0. The standard InChI is InChI=1S/C10H9BrN2O3/c1-10(2,12-6-14)8-4-3-7(13(15)16)5-9(8)11/h3-5H,1-2H3. The lowest BCUT2D eigenvalue weighted by molar-refractivity contribution is -0.384. The number of non-ortho nitro benzene ring substituents is 1. The third-order valence-electron chi connectivity index (χ3n) is 2.15. The molecule has 6 heteroatoms. The lowest BCUT2D eigenvalue weighted by Crippen LogP contribution is -2.14. The molecule has 5 nitrogen and oxygen atoms in total. The summed E-state index contributed by atoms with van der Waals surface area (Å²) < 4.78 is 0.547. The summed E-state index contributed by atoms with van der Waals surface area (Å²) in [4.78, 5) is 24.0. The van der Waals surface area contributed by atoms with Gasteiger partial charge in [-0.1, -0.05) is 15.9 Å². The van der Waals surface area contributed by atoms with E-state index in [2.05, 4.69) is 20.9 Å². The fourth-order valence-electron chi connectivity index (χ4n) is 1.29. The predicted octanol–water partition coefficient (Wildman–Crippen LogP) is 2.93. The summed E-state index contributed by atoms with van der Waals surface area (Å²) in [6.07, 6.45) is 1.49. The molecule has 0 spiro atoms. The highest BCUT2D eigenvalue weighted by atomic mass is 79.9. The first-order chi connectivity index (χ1) is 7.38. The average molecular weight is 285 g/mol. The van der Waals surface area contributed by atoms with Gasteiger partial charge in [0.2, 0.25) is 6.08 Å². The first kappa shape index (κ1) is 12.5. The van der Waals surface area contributed by atoms with Crippen LogP contribution >= 0.6 is 15.9 Å². The van der Waals surface area contributed by atoms with Crippen LogP contribution in [-0.4, -0.2) is 11.0 Å². The minimum Gasteiger partial charge on any atom is -0.258 e. The Hall–Kier alpha value is -1.52. The van der Waals surface area contributed by atoms with Crippen molar-refractivity contribution in [3.8, 4) is 0 Å². The number of nitrogens with zero attached hydrogens (tertiary/aromatic N) is 2. The van der Waals surface area contributed by atoms with E-state index in [0.717, 1.165) is 0 Å². The van der Waals surface area contributed by atoms with Crippen LogP contribution in [0.3, 0.4) is 0 Å². The molecule has 0 unspecified atom stereocenters. The maximum Gasteiger partial charge on any atom is 0.270 e. The van der Waals surface area contributed by atoms with E-state index in [4.69, 9.17) is 0 Å². The molecular formula is C10H9BrN2O3. The van der Waals surface area contributed by atoms with Crippen LogP contribution in [0.1, 0.15) is 19.4 Å². The molecule has 0 fully saturated rings. The molecular weight excluding hydrogens is 276 g/mol. The van der Waals surface area contributed by atoms with E-state index >= 15 is 0 Å². The fraction of sp³-hybridized carbons (Fsp3) is 0.300. The van der Waals surface area contributed by atoms with Crippen molar-refractivity contribution in [3.63, 3.8) is 0 Å². The first-order valence-corrected chi connectivity index (χ1v) is 5.21. The van der Waals surface area contributed by atoms with Crippen molar-refractivity contribution >= 4 is 27.7 Å². The Labute approximate surface area is 100 Å². The maximum absolute atomic E-state index is 10.5. The molecule has 16 heavy (non-hydrogen) atoms. The maximum atomic E-state index is 10.5. The second-order valence-corrected chi connectivity index (χ2v) is 4.54. The summed E-state index contributed by atoms with van der Waals surface area (Å²) in [5, 5.41) is 10.5. The Bertz CT molecular complexity index is 479. The van der Waals surface area contributed by atoms with Crippen LogP contribution < -0.4 is 0 Å². The van der Waals surface area contributed by atoms with Crippen molar-refractivity contribution in [1.29, 1.82) is 0 Å². The normalized spacial score (nSPS) is 10.7. The molecule has 0 aliphatic carbocycles. The summed E-state index contributed by atoms with van der Waals surface area (Å²) in [5.41, 5.74) is -0.0710. The molecule has 1 aromatic rings. The van der Waals surface area contributed by atoms with Gasteiger partial charge < -0.3 is 0 Å². The van der Waals surface area contributed by atoms with E-state index in [1.807, 2.05) is 0 Å². The van der Waals surface area contributed by atoms with E-state index in [9.17, 15) is 14.9 Å². The highest BCUT2D eigenvalue weighted by molar-refractivity contribution is 9.10. The van der Waals surface area contributed by atoms with Gasteiger partial charge in [0.05, 0.1) is 10.5 Å². The van der Waals surface area contributed by atoms with E-state index in [1.165, 1.54) is 18.2 Å². The van der Waals surface area contributed by atoms with Gasteiger partial charge in [-0.3, -0.25) is 10.1 Å². The van der Waals surface area contributed by atoms with Crippen molar-refractivity contribution in [2.75, 3.05) is 0 Å². The number of nitro groups is 1. The van der Waals surface area contributed by atoms with Crippen molar-refractivity contribution in [2.45, 2.75) is 19.4 Å². The summed E-state index contributed by atoms with van der Waals surface area (Å²) in [6, 6.07) is 4.34. The van der Waals surface area contributed by atoms with E-state index in [0.29, 0.717) is 10.0 Å². The lowest BCUT2D eigenvalue weighted by Gasteiger charge is -2.19. The molecule has 0 aromatic heterocycles. The molecule has 0 aliphatic heterocycles. The van der Waals surface area contributed by atoms with Gasteiger partial charge in [-0.2, -0.15) is 4.99 Å². The molecule has 0 N–H and O–H groups in total. The molecule has 0 radical (unpaired) electrons. The minimum absolute atomic E-state index is 0.0125. The third-order valence-corrected chi connectivity index (χ3v) is 2.80. The fourth-order valence-corrected chi connectivity index (χ4v) is 2.14. The number of rotatable bonds is 3. The Morgan fingerprint density at radius 3 is 2.56 bits per heavy atom. The summed E-state index contributed by atoms with van der Waals surface area (Å²) in [6.45, 7) is 3.45. The second-order valence-electron chi connectivity index (χ2n) is 3.68. The average Bonchev–Trinajstić information content (AvgIpc) is 2.16. The smallest absolute Gasteiger partial charge is 0.258 e. The van der Waals surface area contributed by atoms with Gasteiger partial charge in [-0.15, -0.1) is 0 Å². The molecule has 0 saturated carbocycles. The summed E-state index contributed by atoms with van der Waals surface area (Å²) >= 11 is 3.23. The third kappa shape index (κ3) is 2.53. The minimum atomic E-state index is -0.754. The van der Waals surface area contributed by atoms with Crippen LogP contribution in [0.25, 0.3) is 0 Å². The van der Waals surface area contributed by atoms with Crippen LogP contribution in [0.15, 0.2) is 27.7 Å². The Kier molecular flexibility index (Phi) is 3.57. The molecule has 0 bridgehead atoms. The van der Waals surface area contributed by atoms with E-state index in [-0.39, 0.29) is 5.69 Å². The number of hydrogen-bond acceptors (Lipinski definition) is 4. The number of nitro benzene ring substituents is 1. The molecule has 1 aromatic carbocycles. The van der Waals surface area contributed by atoms with Crippen molar-refractivity contribution < 1.29 is 9.72 Å².